The average Bonchev–Trinajstić information content (AvgIpc) is 3.47. The van der Waals surface area contributed by atoms with Crippen LogP contribution in [0.25, 0.3) is 11.3 Å². The summed E-state index contributed by atoms with van der Waals surface area (Å²) in [5, 5.41) is 2.58. The van der Waals surface area contributed by atoms with Crippen LogP contribution in [0, 0.1) is 0 Å². The topological polar surface area (TPSA) is 80.5 Å². The van der Waals surface area contributed by atoms with E-state index in [0.29, 0.717) is 23.6 Å². The Bertz CT molecular complexity index is 1140. The molecule has 1 aromatic carbocycles. The number of halogens is 3. The molecule has 7 nitrogen and oxygen atoms in total. The number of aromatic nitrogens is 2. The first-order valence-corrected chi connectivity index (χ1v) is 11.8. The summed E-state index contributed by atoms with van der Waals surface area (Å²) in [4.78, 5) is 19.5. The molecule has 3 aromatic rings. The Kier molecular flexibility index (Phi) is 7.22. The lowest BCUT2D eigenvalue weighted by Crippen LogP contribution is -2.38. The Hall–Kier alpha value is -2.92. The normalized spacial score (nSPS) is 15.8. The van der Waals surface area contributed by atoms with Crippen LogP contribution < -0.4 is 10.1 Å². The third-order valence-corrected chi connectivity index (χ3v) is 6.44. The van der Waals surface area contributed by atoms with E-state index in [1.54, 1.807) is 18.2 Å². The van der Waals surface area contributed by atoms with Crippen LogP contribution in [-0.2, 0) is 12.6 Å². The van der Waals surface area contributed by atoms with Crippen molar-refractivity contribution in [1.82, 2.24) is 14.3 Å². The second-order valence-electron chi connectivity index (χ2n) is 8.20. The molecule has 0 spiro atoms. The molecular formula is C23H25F3N4O3S. The van der Waals surface area contributed by atoms with Crippen molar-refractivity contribution in [1.29, 1.82) is 0 Å². The number of piperidine rings is 1. The van der Waals surface area contributed by atoms with Crippen LogP contribution in [0.2, 0.25) is 0 Å². The molecule has 1 fully saturated rings. The second kappa shape index (κ2) is 10.1. The van der Waals surface area contributed by atoms with Crippen molar-refractivity contribution >= 4 is 22.6 Å². The van der Waals surface area contributed by atoms with Crippen LogP contribution in [-0.4, -0.2) is 46.4 Å². The SMILES string of the molecule is COc1cccc(-c2cc(C(=O)Nc3nc(CC(C)N4CCCCC4)ns3)c(C(F)(F)F)o2)c1. The number of alkyl halides is 3. The van der Waals surface area contributed by atoms with Gasteiger partial charge < -0.3 is 14.1 Å². The molecule has 2 aromatic heterocycles. The monoisotopic (exact) mass is 494 g/mol. The fourth-order valence-corrected chi connectivity index (χ4v) is 4.59. The van der Waals surface area contributed by atoms with Crippen LogP contribution in [0.5, 0.6) is 5.75 Å². The Labute approximate surface area is 199 Å². The Morgan fingerprint density at radius 2 is 2.03 bits per heavy atom. The third-order valence-electron chi connectivity index (χ3n) is 5.77. The van der Waals surface area contributed by atoms with Gasteiger partial charge in [0.15, 0.2) is 0 Å². The van der Waals surface area contributed by atoms with Crippen LogP contribution in [0.1, 0.15) is 48.1 Å². The first-order chi connectivity index (χ1) is 16.2. The largest absolute Gasteiger partial charge is 0.497 e. The van der Waals surface area contributed by atoms with Gasteiger partial charge in [-0.05, 0) is 51.1 Å². The first-order valence-electron chi connectivity index (χ1n) is 11.0. The number of methoxy groups -OCH3 is 1. The Balaban J connectivity index is 1.51. The molecule has 4 rings (SSSR count). The predicted octanol–water partition coefficient (Wildman–Crippen LogP) is 5.49. The summed E-state index contributed by atoms with van der Waals surface area (Å²) in [7, 11) is 1.45. The molecule has 0 saturated carbocycles. The van der Waals surface area contributed by atoms with E-state index in [9.17, 15) is 18.0 Å². The van der Waals surface area contributed by atoms with Crippen molar-refractivity contribution in [3.63, 3.8) is 0 Å². The number of hydrogen-bond donors (Lipinski definition) is 1. The minimum absolute atomic E-state index is 0.0929. The van der Waals surface area contributed by atoms with Gasteiger partial charge in [0, 0.05) is 29.6 Å². The molecule has 1 aliphatic heterocycles. The van der Waals surface area contributed by atoms with E-state index >= 15 is 0 Å². The number of furan rings is 1. The third kappa shape index (κ3) is 5.58. The van der Waals surface area contributed by atoms with Crippen LogP contribution in [0.4, 0.5) is 18.3 Å². The molecule has 3 heterocycles. The average molecular weight is 495 g/mol. The summed E-state index contributed by atoms with van der Waals surface area (Å²) in [6.07, 6.45) is -0.673. The van der Waals surface area contributed by atoms with Gasteiger partial charge in [0.05, 0.1) is 12.7 Å². The number of amides is 1. The maximum atomic E-state index is 13.6. The van der Waals surface area contributed by atoms with E-state index in [4.69, 9.17) is 9.15 Å². The highest BCUT2D eigenvalue weighted by Crippen LogP contribution is 2.38. The van der Waals surface area contributed by atoms with Gasteiger partial charge in [-0.2, -0.15) is 17.5 Å². The lowest BCUT2D eigenvalue weighted by molar-refractivity contribution is -0.153. The smallest absolute Gasteiger partial charge is 0.450 e. The molecule has 1 N–H and O–H groups in total. The zero-order chi connectivity index (χ0) is 24.3. The molecule has 1 aliphatic rings. The van der Waals surface area contributed by atoms with Crippen molar-refractivity contribution in [3.8, 4) is 17.1 Å². The number of ether oxygens (including phenoxy) is 1. The summed E-state index contributed by atoms with van der Waals surface area (Å²) < 4.78 is 55.3. The Morgan fingerprint density at radius 1 is 1.26 bits per heavy atom. The molecule has 0 bridgehead atoms. The van der Waals surface area contributed by atoms with E-state index in [-0.39, 0.29) is 16.9 Å². The van der Waals surface area contributed by atoms with E-state index in [1.165, 1.54) is 32.4 Å². The Morgan fingerprint density at radius 3 is 2.74 bits per heavy atom. The lowest BCUT2D eigenvalue weighted by atomic mass is 10.1. The molecule has 1 atom stereocenters. The standard InChI is InChI=1S/C23H25F3N4O3S/c1-14(30-9-4-3-5-10-30)11-19-27-22(34-29-19)28-21(31)17-13-18(33-20(17)23(24,25)26)15-7-6-8-16(12-15)32-2/h6-8,12-14H,3-5,9-11H2,1-2H3,(H,27,28,29,31). The minimum atomic E-state index is -4.85. The first kappa shape index (κ1) is 24.2. The maximum absolute atomic E-state index is 13.6. The number of likely N-dealkylation sites (tertiary alicyclic amines) is 1. The molecule has 1 saturated heterocycles. The van der Waals surface area contributed by atoms with E-state index in [2.05, 4.69) is 26.5 Å². The number of nitrogens with zero attached hydrogens (tertiary/aromatic N) is 3. The van der Waals surface area contributed by atoms with Gasteiger partial charge in [-0.25, -0.2) is 4.98 Å². The molecule has 1 amide bonds. The quantitative estimate of drug-likeness (QED) is 0.468. The van der Waals surface area contributed by atoms with E-state index < -0.39 is 23.4 Å². The molecule has 34 heavy (non-hydrogen) atoms. The number of carbonyl (C=O) groups is 1. The highest BCUT2D eigenvalue weighted by Gasteiger charge is 2.40. The van der Waals surface area contributed by atoms with Crippen molar-refractivity contribution < 1.29 is 27.1 Å². The van der Waals surface area contributed by atoms with Crippen LogP contribution in [0.3, 0.4) is 0 Å². The van der Waals surface area contributed by atoms with Crippen LogP contribution in [0.15, 0.2) is 34.7 Å². The van der Waals surface area contributed by atoms with Gasteiger partial charge in [-0.15, -0.1) is 0 Å². The summed E-state index contributed by atoms with van der Waals surface area (Å²) >= 11 is 0.943. The predicted molar refractivity (Wildman–Crippen MR) is 122 cm³/mol. The summed E-state index contributed by atoms with van der Waals surface area (Å²) in [5.41, 5.74) is -0.266. The molecule has 182 valence electrons. The van der Waals surface area contributed by atoms with Crippen molar-refractivity contribution in [2.24, 2.45) is 0 Å². The molecule has 0 aliphatic carbocycles. The molecular weight excluding hydrogens is 469 g/mol. The summed E-state index contributed by atoms with van der Waals surface area (Å²) in [6.45, 7) is 4.17. The number of hydrogen-bond acceptors (Lipinski definition) is 7. The van der Waals surface area contributed by atoms with Crippen molar-refractivity contribution in [2.45, 2.75) is 44.8 Å². The van der Waals surface area contributed by atoms with Crippen LogP contribution >= 0.6 is 11.5 Å². The molecule has 0 radical (unpaired) electrons. The summed E-state index contributed by atoms with van der Waals surface area (Å²) in [6, 6.07) is 7.70. The van der Waals surface area contributed by atoms with Gasteiger partial charge in [-0.3, -0.25) is 10.1 Å². The second-order valence-corrected chi connectivity index (χ2v) is 8.95. The highest BCUT2D eigenvalue weighted by atomic mass is 32.1. The zero-order valence-electron chi connectivity index (χ0n) is 18.8. The molecule has 1 unspecified atom stereocenters. The fourth-order valence-electron chi connectivity index (χ4n) is 3.99. The lowest BCUT2D eigenvalue weighted by Gasteiger charge is -2.31. The number of benzene rings is 1. The van der Waals surface area contributed by atoms with Gasteiger partial charge in [0.2, 0.25) is 10.9 Å². The number of rotatable bonds is 7. The van der Waals surface area contributed by atoms with Gasteiger partial charge in [0.25, 0.3) is 5.91 Å². The number of anilines is 1. The van der Waals surface area contributed by atoms with E-state index in [0.717, 1.165) is 30.7 Å². The number of carbonyl (C=O) groups excluding carboxylic acids is 1. The van der Waals surface area contributed by atoms with Gasteiger partial charge in [0.1, 0.15) is 17.3 Å². The minimum Gasteiger partial charge on any atom is -0.497 e. The summed E-state index contributed by atoms with van der Waals surface area (Å²) in [5.74, 6) is -1.42. The number of nitrogens with one attached hydrogen (secondary N) is 1. The fraction of sp³-hybridized carbons (Fsp3) is 0.435. The molecule has 11 heteroatoms. The maximum Gasteiger partial charge on any atom is 0.450 e. The van der Waals surface area contributed by atoms with Gasteiger partial charge in [-0.1, -0.05) is 18.6 Å². The van der Waals surface area contributed by atoms with Crippen molar-refractivity contribution in [3.05, 3.63) is 47.5 Å². The zero-order valence-corrected chi connectivity index (χ0v) is 19.6. The van der Waals surface area contributed by atoms with Gasteiger partial charge >= 0.3 is 6.18 Å². The van der Waals surface area contributed by atoms with Crippen molar-refractivity contribution in [2.75, 3.05) is 25.5 Å². The van der Waals surface area contributed by atoms with E-state index in [1.807, 2.05) is 0 Å². The highest BCUT2D eigenvalue weighted by molar-refractivity contribution is 7.09.